The second kappa shape index (κ2) is 14.1. The highest BCUT2D eigenvalue weighted by molar-refractivity contribution is 5.55. The van der Waals surface area contributed by atoms with Gasteiger partial charge in [-0.1, -0.05) is 63.3 Å². The molecule has 0 atom stereocenters. The normalized spacial score (nSPS) is 10.9. The lowest BCUT2D eigenvalue weighted by atomic mass is 10.0. The Morgan fingerprint density at radius 3 is 2.14 bits per heavy atom. The van der Waals surface area contributed by atoms with Gasteiger partial charge in [0.15, 0.2) is 11.6 Å². The van der Waals surface area contributed by atoms with Gasteiger partial charge in [-0.15, -0.1) is 0 Å². The molecule has 0 saturated carbocycles. The van der Waals surface area contributed by atoms with Crippen LogP contribution >= 0.6 is 0 Å². The Balaban J connectivity index is 1.71. The number of benzene rings is 1. The predicted molar refractivity (Wildman–Crippen MR) is 116 cm³/mol. The first-order valence-electron chi connectivity index (χ1n) is 11.0. The van der Waals surface area contributed by atoms with Gasteiger partial charge in [0.25, 0.3) is 0 Å². The fraction of sp³-hybridized carbons (Fsp3) is 0.583. The molecule has 0 fully saturated rings. The van der Waals surface area contributed by atoms with Crippen LogP contribution in [0.3, 0.4) is 0 Å². The second-order valence-corrected chi connectivity index (χ2v) is 7.21. The quantitative estimate of drug-likeness (QED) is 0.341. The van der Waals surface area contributed by atoms with Crippen molar-refractivity contribution in [2.75, 3.05) is 19.8 Å². The van der Waals surface area contributed by atoms with Crippen molar-refractivity contribution in [1.82, 2.24) is 9.97 Å². The summed E-state index contributed by atoms with van der Waals surface area (Å²) in [6.07, 6.45) is 14.7. The van der Waals surface area contributed by atoms with E-state index in [1.807, 2.05) is 6.92 Å². The highest BCUT2D eigenvalue weighted by Crippen LogP contribution is 2.18. The summed E-state index contributed by atoms with van der Waals surface area (Å²) in [6, 6.07) is 8.65. The maximum Gasteiger partial charge on any atom is 0.159 e. The highest BCUT2D eigenvalue weighted by atomic mass is 16.5. The molecular formula is C24H36N2O2. The average Bonchev–Trinajstić information content (AvgIpc) is 2.74. The van der Waals surface area contributed by atoms with Gasteiger partial charge >= 0.3 is 0 Å². The van der Waals surface area contributed by atoms with Crippen LogP contribution in [0.25, 0.3) is 11.4 Å². The molecule has 4 nitrogen and oxygen atoms in total. The average molecular weight is 385 g/mol. The van der Waals surface area contributed by atoms with Gasteiger partial charge in [0.05, 0.1) is 19.0 Å². The molecule has 0 radical (unpaired) electrons. The summed E-state index contributed by atoms with van der Waals surface area (Å²) < 4.78 is 11.0. The number of hydrogen-bond donors (Lipinski definition) is 0. The van der Waals surface area contributed by atoms with Crippen molar-refractivity contribution in [2.45, 2.75) is 71.6 Å². The molecule has 0 unspecified atom stereocenters. The molecule has 4 heteroatoms. The van der Waals surface area contributed by atoms with Gasteiger partial charge in [0.2, 0.25) is 0 Å². The molecule has 1 aromatic heterocycles. The van der Waals surface area contributed by atoms with Crippen LogP contribution < -0.4 is 4.74 Å². The molecule has 28 heavy (non-hydrogen) atoms. The van der Waals surface area contributed by atoms with Crippen molar-refractivity contribution >= 4 is 0 Å². The molecule has 154 valence electrons. The minimum absolute atomic E-state index is 0.670. The molecule has 0 saturated heterocycles. The molecule has 2 aromatic rings. The zero-order chi connectivity index (χ0) is 19.9. The standard InChI is InChI=1S/C24H36N2O2/c1-3-5-6-7-8-9-12-21-13-15-22(16-14-21)24-25-19-23(20-26-24)28-18-11-10-17-27-4-2/h13-16,19-20H,3-12,17-18H2,1-2H3. The Labute approximate surface area is 170 Å². The number of hydrogen-bond acceptors (Lipinski definition) is 4. The minimum atomic E-state index is 0.670. The summed E-state index contributed by atoms with van der Waals surface area (Å²) in [6.45, 7) is 6.51. The molecule has 0 N–H and O–H groups in total. The monoisotopic (exact) mass is 384 g/mol. The van der Waals surface area contributed by atoms with E-state index >= 15 is 0 Å². The van der Waals surface area contributed by atoms with E-state index in [1.54, 1.807) is 12.4 Å². The van der Waals surface area contributed by atoms with E-state index in [1.165, 1.54) is 44.1 Å². The number of ether oxygens (including phenoxy) is 2. The predicted octanol–water partition coefficient (Wildman–Crippen LogP) is 6.24. The molecule has 0 amide bonds. The van der Waals surface area contributed by atoms with Crippen molar-refractivity contribution in [1.29, 1.82) is 0 Å². The second-order valence-electron chi connectivity index (χ2n) is 7.21. The van der Waals surface area contributed by atoms with Crippen LogP contribution in [0.5, 0.6) is 5.75 Å². The van der Waals surface area contributed by atoms with E-state index in [9.17, 15) is 0 Å². The summed E-state index contributed by atoms with van der Waals surface area (Å²) in [4.78, 5) is 8.90. The Hall–Kier alpha value is -1.94. The van der Waals surface area contributed by atoms with Gasteiger partial charge in [-0.05, 0) is 38.2 Å². The fourth-order valence-corrected chi connectivity index (χ4v) is 3.11. The maximum atomic E-state index is 5.69. The number of nitrogens with zero attached hydrogens (tertiary/aromatic N) is 2. The zero-order valence-electron chi connectivity index (χ0n) is 17.7. The molecule has 0 aliphatic heterocycles. The van der Waals surface area contributed by atoms with E-state index in [-0.39, 0.29) is 0 Å². The van der Waals surface area contributed by atoms with Gasteiger partial charge in [-0.2, -0.15) is 0 Å². The molecule has 0 aliphatic rings. The Morgan fingerprint density at radius 2 is 1.43 bits per heavy atom. The summed E-state index contributed by atoms with van der Waals surface area (Å²) >= 11 is 0. The number of aromatic nitrogens is 2. The van der Waals surface area contributed by atoms with Crippen molar-refractivity contribution < 1.29 is 9.47 Å². The fourth-order valence-electron chi connectivity index (χ4n) is 3.11. The van der Waals surface area contributed by atoms with Crippen LogP contribution in [0, 0.1) is 0 Å². The molecule has 0 spiro atoms. The first kappa shape index (κ1) is 22.4. The van der Waals surface area contributed by atoms with Gasteiger partial charge < -0.3 is 9.47 Å². The van der Waals surface area contributed by atoms with E-state index in [2.05, 4.69) is 41.2 Å². The van der Waals surface area contributed by atoms with Crippen LogP contribution in [0.1, 0.15) is 70.8 Å². The molecule has 0 bridgehead atoms. The summed E-state index contributed by atoms with van der Waals surface area (Å²) in [5.41, 5.74) is 2.45. The summed E-state index contributed by atoms with van der Waals surface area (Å²) in [5, 5.41) is 0. The van der Waals surface area contributed by atoms with Crippen molar-refractivity contribution in [3.8, 4) is 17.1 Å². The number of rotatable bonds is 15. The molecule has 1 aromatic carbocycles. The van der Waals surface area contributed by atoms with Crippen molar-refractivity contribution in [3.05, 3.63) is 42.2 Å². The lowest BCUT2D eigenvalue weighted by molar-refractivity contribution is 0.138. The van der Waals surface area contributed by atoms with Crippen LogP contribution in [0.15, 0.2) is 36.7 Å². The van der Waals surface area contributed by atoms with Gasteiger partial charge in [0, 0.05) is 18.8 Å². The van der Waals surface area contributed by atoms with Gasteiger partial charge in [-0.25, -0.2) is 9.97 Å². The maximum absolute atomic E-state index is 5.69. The summed E-state index contributed by atoms with van der Waals surface area (Å²) in [7, 11) is 0. The lowest BCUT2D eigenvalue weighted by Gasteiger charge is -2.07. The first-order valence-corrected chi connectivity index (χ1v) is 11.0. The van der Waals surface area contributed by atoms with Crippen molar-refractivity contribution in [3.63, 3.8) is 0 Å². The Kier molecular flexibility index (Phi) is 11.3. The smallest absolute Gasteiger partial charge is 0.159 e. The third kappa shape index (κ3) is 8.83. The number of aryl methyl sites for hydroxylation is 1. The first-order chi connectivity index (χ1) is 13.8. The number of unbranched alkanes of at least 4 members (excludes halogenated alkanes) is 6. The van der Waals surface area contributed by atoms with E-state index in [4.69, 9.17) is 9.47 Å². The van der Waals surface area contributed by atoms with E-state index in [0.717, 1.165) is 49.6 Å². The molecule has 1 heterocycles. The van der Waals surface area contributed by atoms with E-state index < -0.39 is 0 Å². The van der Waals surface area contributed by atoms with Gasteiger partial charge in [-0.3, -0.25) is 0 Å². The third-order valence-corrected chi connectivity index (χ3v) is 4.82. The van der Waals surface area contributed by atoms with Crippen LogP contribution in [-0.4, -0.2) is 29.8 Å². The molecule has 0 aliphatic carbocycles. The Morgan fingerprint density at radius 1 is 0.750 bits per heavy atom. The van der Waals surface area contributed by atoms with Crippen molar-refractivity contribution in [2.24, 2.45) is 0 Å². The molecular weight excluding hydrogens is 348 g/mol. The van der Waals surface area contributed by atoms with E-state index in [0.29, 0.717) is 6.61 Å². The van der Waals surface area contributed by atoms with Crippen LogP contribution in [0.2, 0.25) is 0 Å². The Bertz CT molecular complexity index is 569. The van der Waals surface area contributed by atoms with Gasteiger partial charge in [0.1, 0.15) is 0 Å². The minimum Gasteiger partial charge on any atom is -0.490 e. The zero-order valence-corrected chi connectivity index (χ0v) is 17.7. The lowest BCUT2D eigenvalue weighted by Crippen LogP contribution is -2.01. The third-order valence-electron chi connectivity index (χ3n) is 4.82. The largest absolute Gasteiger partial charge is 0.490 e. The topological polar surface area (TPSA) is 44.2 Å². The molecule has 2 rings (SSSR count). The highest BCUT2D eigenvalue weighted by Gasteiger charge is 2.03. The summed E-state index contributed by atoms with van der Waals surface area (Å²) in [5.74, 6) is 1.47. The van der Waals surface area contributed by atoms with Crippen LogP contribution in [-0.2, 0) is 11.2 Å². The van der Waals surface area contributed by atoms with Crippen LogP contribution in [0.4, 0.5) is 0 Å². The SMILES string of the molecule is CCCCCCCCc1ccc(-c2ncc(OCCCCOCC)cn2)cc1.